The van der Waals surface area contributed by atoms with E-state index < -0.39 is 34.6 Å². The first kappa shape index (κ1) is 93.2. The molecule has 4 aliphatic rings. The van der Waals surface area contributed by atoms with E-state index in [1.165, 1.54) is 25.7 Å². The van der Waals surface area contributed by atoms with Gasteiger partial charge >= 0.3 is 0 Å². The van der Waals surface area contributed by atoms with Crippen LogP contribution in [0.1, 0.15) is 210 Å². The van der Waals surface area contributed by atoms with Gasteiger partial charge in [0, 0.05) is 131 Å². The summed E-state index contributed by atoms with van der Waals surface area (Å²) in [7, 11) is 0. The van der Waals surface area contributed by atoms with Crippen LogP contribution in [-0.4, -0.2) is 146 Å². The molecule has 12 unspecified atom stereocenters. The minimum absolute atomic E-state index is 0. The Balaban J connectivity index is -0.0000000859. The summed E-state index contributed by atoms with van der Waals surface area (Å²) in [5, 5.41) is 114. The van der Waals surface area contributed by atoms with Crippen molar-refractivity contribution in [1.29, 1.82) is 0 Å². The molecule has 418 valence electrons. The molecule has 0 bridgehead atoms. The van der Waals surface area contributed by atoms with E-state index in [-0.39, 0.29) is 187 Å². The standard InChI is InChI=1S/2C8H16O2.2C8H15O.C5H12O.2C4H10O2.2C4H9O.4Y/c2*1-7-4-2-3-5-8(7,10)6-9;2*1-7-5-3-4-6-8(7,2)9;1-3-5(6)4-2;2*1-2-4(6)3-5;2*1-3-4(2)5;;;;/h2*7,9-10H,2-6H2,1H3;2*7,9H,2-6H2,1H3;5-6H,3-4H2,1-2H3;2*4-6H,2-3H2,1H3;2*4-5H,2-3H2,1H3;;;;/q;;2*-1;;;;2*-1;;;;. The molecule has 17 heteroatoms. The van der Waals surface area contributed by atoms with E-state index in [0.717, 1.165) is 103 Å². The Morgan fingerprint density at radius 1 is 0.386 bits per heavy atom. The van der Waals surface area contributed by atoms with Gasteiger partial charge in [0.15, 0.2) is 0 Å². The van der Waals surface area contributed by atoms with Gasteiger partial charge in [-0.2, -0.15) is 0 Å². The molecule has 0 amide bonds. The number of aliphatic hydroxyl groups excluding tert-OH is 9. The van der Waals surface area contributed by atoms with Gasteiger partial charge in [0.05, 0.1) is 55.9 Å². The maximum absolute atomic E-state index is 9.70. The zero-order valence-electron chi connectivity index (χ0n) is 46.5. The van der Waals surface area contributed by atoms with E-state index in [2.05, 4.69) is 41.5 Å². The third-order valence-electron chi connectivity index (χ3n) is 13.5. The van der Waals surface area contributed by atoms with Crippen LogP contribution in [0, 0.1) is 51.4 Å². The van der Waals surface area contributed by atoms with Gasteiger partial charge in [0.2, 0.25) is 0 Å². The van der Waals surface area contributed by atoms with E-state index in [4.69, 9.17) is 46.0 Å². The molecule has 0 spiro atoms. The molecule has 4 radical (unpaired) electrons. The predicted molar refractivity (Wildman–Crippen MR) is 272 cm³/mol. The molecule has 12 atom stereocenters. The van der Waals surface area contributed by atoms with Crippen molar-refractivity contribution >= 4 is 0 Å². The molecule has 0 aromatic heterocycles. The quantitative estimate of drug-likeness (QED) is 0.0967. The van der Waals surface area contributed by atoms with Crippen LogP contribution in [-0.2, 0) is 131 Å². The van der Waals surface area contributed by atoms with Crippen molar-refractivity contribution in [3.63, 3.8) is 0 Å². The van der Waals surface area contributed by atoms with E-state index in [1.54, 1.807) is 0 Å². The monoisotopic (exact) mass is 1310 g/mol. The fourth-order valence-corrected chi connectivity index (χ4v) is 6.60. The number of hydrogen-bond donors (Lipinski definition) is 13. The van der Waals surface area contributed by atoms with Crippen LogP contribution in [0.25, 0.3) is 0 Å². The summed E-state index contributed by atoms with van der Waals surface area (Å²) < 4.78 is 0. The summed E-state index contributed by atoms with van der Waals surface area (Å²) >= 11 is 0. The first-order chi connectivity index (χ1) is 30.6. The molecule has 0 heterocycles. The van der Waals surface area contributed by atoms with Crippen molar-refractivity contribution in [3.8, 4) is 0 Å². The van der Waals surface area contributed by atoms with Crippen molar-refractivity contribution < 1.29 is 197 Å². The van der Waals surface area contributed by atoms with Crippen LogP contribution >= 0.6 is 0 Å². The fraction of sp³-hybridized carbons (Fsp3) is 0.925. The van der Waals surface area contributed by atoms with Gasteiger partial charge in [-0.05, 0) is 75.0 Å². The number of hydrogen-bond acceptors (Lipinski definition) is 13. The Labute approximate surface area is 532 Å². The molecule has 4 aliphatic carbocycles. The van der Waals surface area contributed by atoms with Crippen LogP contribution in [0.15, 0.2) is 0 Å². The topological polar surface area (TPSA) is 263 Å². The van der Waals surface area contributed by atoms with Crippen LogP contribution in [0.5, 0.6) is 0 Å². The van der Waals surface area contributed by atoms with E-state index in [0.29, 0.717) is 24.7 Å². The second kappa shape index (κ2) is 57.6. The summed E-state index contributed by atoms with van der Waals surface area (Å²) in [6.07, 6.45) is 19.7. The second-order valence-electron chi connectivity index (χ2n) is 19.4. The van der Waals surface area contributed by atoms with Gasteiger partial charge in [0.25, 0.3) is 0 Å². The fourth-order valence-electron chi connectivity index (χ4n) is 6.60. The van der Waals surface area contributed by atoms with Gasteiger partial charge in [0.1, 0.15) is 0 Å². The molecule has 70 heavy (non-hydrogen) atoms. The largest absolute Gasteiger partial charge is 0.425 e. The predicted octanol–water partition coefficient (Wildman–Crippen LogP) is 7.20. The van der Waals surface area contributed by atoms with Crippen molar-refractivity contribution in [1.82, 2.24) is 0 Å². The normalized spacial score (nSPS) is 29.0. The molecular formula is C53H112O13Y4-4. The summed E-state index contributed by atoms with van der Waals surface area (Å²) in [5.41, 5.74) is -2.76. The molecule has 4 saturated carbocycles. The molecule has 13 N–H and O–H groups in total. The Bertz CT molecular complexity index is 925. The third kappa shape index (κ3) is 53.9. The summed E-state index contributed by atoms with van der Waals surface area (Å²) in [4.78, 5) is 0. The van der Waals surface area contributed by atoms with Crippen molar-refractivity contribution in [2.75, 3.05) is 26.4 Å². The van der Waals surface area contributed by atoms with Crippen LogP contribution in [0.2, 0.25) is 0 Å². The molecule has 0 aromatic rings. The Morgan fingerprint density at radius 2 is 0.600 bits per heavy atom. The van der Waals surface area contributed by atoms with Crippen LogP contribution in [0.4, 0.5) is 0 Å². The smallest absolute Gasteiger partial charge is 0.0902 e. The van der Waals surface area contributed by atoms with E-state index in [1.807, 2.05) is 55.4 Å². The molecule has 4 rings (SSSR count). The maximum Gasteiger partial charge on any atom is 0.0902 e. The maximum atomic E-state index is 9.70. The van der Waals surface area contributed by atoms with Gasteiger partial charge in [-0.1, -0.05) is 183 Å². The summed E-state index contributed by atoms with van der Waals surface area (Å²) in [5.74, 6) is 1.33. The molecule has 0 aromatic carbocycles. The average molecular weight is 1310 g/mol. The van der Waals surface area contributed by atoms with Crippen molar-refractivity contribution in [3.05, 3.63) is 27.7 Å². The third-order valence-corrected chi connectivity index (χ3v) is 13.5. The SMILES string of the molecule is CC1CCCCC1(O)CO.CC1CCCCC1(O)CO.CCC(O)CC.CCC(O)CO.CCC(O)CO.[CH2-]C(O)CC.[CH2-]C(O)CC.[CH2-]C1(O)CCCCC1C.[CH2-]C1(O)CCCCC1C.[Y].[Y].[Y].[Y]. The van der Waals surface area contributed by atoms with Crippen molar-refractivity contribution in [2.45, 2.75) is 263 Å². The minimum atomic E-state index is -0.766. The second-order valence-corrected chi connectivity index (χ2v) is 19.4. The first-order valence-corrected chi connectivity index (χ1v) is 25.7. The Morgan fingerprint density at radius 3 is 0.686 bits per heavy atom. The summed E-state index contributed by atoms with van der Waals surface area (Å²) in [6, 6.07) is 0. The molecule has 0 saturated heterocycles. The molecule has 13 nitrogen and oxygen atoms in total. The van der Waals surface area contributed by atoms with E-state index in [9.17, 15) is 20.4 Å². The molecule has 4 fully saturated rings. The van der Waals surface area contributed by atoms with Gasteiger partial charge in [-0.15, -0.1) is 0 Å². The summed E-state index contributed by atoms with van der Waals surface area (Å²) in [6.45, 7) is 33.3. The van der Waals surface area contributed by atoms with Gasteiger partial charge in [-0.3, -0.25) is 0 Å². The van der Waals surface area contributed by atoms with Gasteiger partial charge < -0.3 is 94.1 Å². The molecular weight excluding hydrogens is 1200 g/mol. The van der Waals surface area contributed by atoms with E-state index >= 15 is 0 Å². The Hall–Kier alpha value is 3.90. The van der Waals surface area contributed by atoms with Crippen LogP contribution < -0.4 is 0 Å². The zero-order chi connectivity index (χ0) is 52.6. The minimum Gasteiger partial charge on any atom is -0.425 e. The van der Waals surface area contributed by atoms with Gasteiger partial charge in [-0.25, -0.2) is 0 Å². The first-order valence-electron chi connectivity index (χ1n) is 25.7. The zero-order valence-corrected chi connectivity index (χ0v) is 57.9. The van der Waals surface area contributed by atoms with Crippen molar-refractivity contribution in [2.24, 2.45) is 23.7 Å². The average Bonchev–Trinajstić information content (AvgIpc) is 3.31. The number of aliphatic hydroxyl groups is 13. The number of rotatable bonds is 10. The molecule has 0 aliphatic heterocycles. The van der Waals surface area contributed by atoms with Crippen LogP contribution in [0.3, 0.4) is 0 Å². The Kier molecular flexibility index (Phi) is 76.7.